The van der Waals surface area contributed by atoms with Crippen molar-refractivity contribution in [3.63, 3.8) is 0 Å². The molecule has 19 heavy (non-hydrogen) atoms. The fourth-order valence-corrected chi connectivity index (χ4v) is 2.83. The predicted octanol–water partition coefficient (Wildman–Crippen LogP) is 3.01. The van der Waals surface area contributed by atoms with Crippen molar-refractivity contribution in [2.75, 3.05) is 0 Å². The van der Waals surface area contributed by atoms with E-state index in [0.29, 0.717) is 6.04 Å². The van der Waals surface area contributed by atoms with Gasteiger partial charge in [-0.3, -0.25) is 0 Å². The quantitative estimate of drug-likeness (QED) is 0.883. The van der Waals surface area contributed by atoms with Crippen molar-refractivity contribution in [3.05, 3.63) is 34.3 Å². The van der Waals surface area contributed by atoms with Crippen molar-refractivity contribution in [2.24, 2.45) is 0 Å². The molecule has 1 atom stereocenters. The van der Waals surface area contributed by atoms with E-state index in [9.17, 15) is 0 Å². The van der Waals surface area contributed by atoms with Gasteiger partial charge in [0.15, 0.2) is 0 Å². The first-order valence-electron chi connectivity index (χ1n) is 6.80. The molecule has 104 valence electrons. The van der Waals surface area contributed by atoms with E-state index in [2.05, 4.69) is 47.5 Å². The number of nitrogens with zero attached hydrogens (tertiary/aromatic N) is 3. The molecule has 2 aromatic heterocycles. The number of aromatic nitrogens is 3. The Labute approximate surface area is 118 Å². The highest BCUT2D eigenvalue weighted by Crippen LogP contribution is 2.24. The molecule has 0 saturated carbocycles. The first-order valence-corrected chi connectivity index (χ1v) is 7.62. The number of hydrogen-bond acceptors (Lipinski definition) is 4. The summed E-state index contributed by atoms with van der Waals surface area (Å²) < 4.78 is 2.20. The number of imidazole rings is 1. The molecule has 2 aromatic rings. The number of aryl methyl sites for hydroxylation is 1. The van der Waals surface area contributed by atoms with Crippen molar-refractivity contribution >= 4 is 11.3 Å². The largest absolute Gasteiger partial charge is 0.324 e. The van der Waals surface area contributed by atoms with Crippen LogP contribution >= 0.6 is 11.3 Å². The molecule has 2 heterocycles. The molecule has 0 amide bonds. The Morgan fingerprint density at radius 2 is 2.11 bits per heavy atom. The van der Waals surface area contributed by atoms with Crippen LogP contribution in [-0.4, -0.2) is 20.6 Å². The van der Waals surface area contributed by atoms with Crippen molar-refractivity contribution in [1.82, 2.24) is 19.9 Å². The first-order chi connectivity index (χ1) is 9.11. The molecule has 0 saturated heterocycles. The van der Waals surface area contributed by atoms with Crippen molar-refractivity contribution in [3.8, 4) is 0 Å². The summed E-state index contributed by atoms with van der Waals surface area (Å²) in [5.74, 6) is 0. The topological polar surface area (TPSA) is 42.7 Å². The van der Waals surface area contributed by atoms with E-state index >= 15 is 0 Å². The zero-order valence-corrected chi connectivity index (χ0v) is 12.9. The minimum Gasteiger partial charge on any atom is -0.324 e. The Morgan fingerprint density at radius 1 is 1.32 bits per heavy atom. The highest BCUT2D eigenvalue weighted by Gasteiger charge is 2.15. The van der Waals surface area contributed by atoms with Crippen LogP contribution in [0.15, 0.2) is 18.7 Å². The van der Waals surface area contributed by atoms with Crippen LogP contribution in [0.3, 0.4) is 0 Å². The highest BCUT2D eigenvalue weighted by atomic mass is 32.1. The average Bonchev–Trinajstić information content (AvgIpc) is 3.04. The molecule has 1 N–H and O–H groups in total. The first kappa shape index (κ1) is 14.2. The van der Waals surface area contributed by atoms with E-state index in [0.717, 1.165) is 18.0 Å². The standard InChI is InChI=1S/C14H22N4S/c1-5-13-8-17-14(19-13)11(4)18-9-15-6-12(18)7-16-10(2)3/h6,8-11,16H,5,7H2,1-4H3. The minimum absolute atomic E-state index is 0.247. The van der Waals surface area contributed by atoms with E-state index in [-0.39, 0.29) is 6.04 Å². The maximum Gasteiger partial charge on any atom is 0.115 e. The van der Waals surface area contributed by atoms with Gasteiger partial charge in [0.1, 0.15) is 5.01 Å². The summed E-state index contributed by atoms with van der Waals surface area (Å²) in [5.41, 5.74) is 1.20. The number of hydrogen-bond donors (Lipinski definition) is 1. The third-order valence-corrected chi connectivity index (χ3v) is 4.44. The second-order valence-electron chi connectivity index (χ2n) is 5.02. The van der Waals surface area contributed by atoms with Crippen LogP contribution in [0.5, 0.6) is 0 Å². The molecule has 0 radical (unpaired) electrons. The summed E-state index contributed by atoms with van der Waals surface area (Å²) in [6, 6.07) is 0.724. The smallest absolute Gasteiger partial charge is 0.115 e. The molecule has 0 aliphatic heterocycles. The average molecular weight is 278 g/mol. The molecular weight excluding hydrogens is 256 g/mol. The van der Waals surface area contributed by atoms with Gasteiger partial charge in [-0.15, -0.1) is 11.3 Å². The molecular formula is C14H22N4S. The third kappa shape index (κ3) is 3.42. The number of nitrogens with one attached hydrogen (secondary N) is 1. The van der Waals surface area contributed by atoms with Gasteiger partial charge in [-0.2, -0.15) is 0 Å². The molecule has 1 unspecified atom stereocenters. The lowest BCUT2D eigenvalue weighted by Crippen LogP contribution is -2.24. The Kier molecular flexibility index (Phi) is 4.71. The molecule has 2 rings (SSSR count). The van der Waals surface area contributed by atoms with Crippen molar-refractivity contribution < 1.29 is 0 Å². The Hall–Kier alpha value is -1.20. The van der Waals surface area contributed by atoms with Gasteiger partial charge in [0.25, 0.3) is 0 Å². The SMILES string of the molecule is CCc1cnc(C(C)n2cncc2CNC(C)C)s1. The molecule has 0 spiro atoms. The molecule has 0 fully saturated rings. The Morgan fingerprint density at radius 3 is 2.74 bits per heavy atom. The lowest BCUT2D eigenvalue weighted by atomic mass is 10.3. The van der Waals surface area contributed by atoms with Gasteiger partial charge in [0.05, 0.1) is 18.1 Å². The summed E-state index contributed by atoms with van der Waals surface area (Å²) >= 11 is 1.79. The van der Waals surface area contributed by atoms with E-state index in [1.54, 1.807) is 11.3 Å². The molecule has 0 bridgehead atoms. The molecule has 0 aromatic carbocycles. The number of rotatable bonds is 6. The van der Waals surface area contributed by atoms with Crippen LogP contribution in [0.4, 0.5) is 0 Å². The lowest BCUT2D eigenvalue weighted by Gasteiger charge is -2.15. The van der Waals surface area contributed by atoms with E-state index < -0.39 is 0 Å². The molecule has 0 aliphatic carbocycles. The molecule has 5 heteroatoms. The van der Waals surface area contributed by atoms with Crippen LogP contribution < -0.4 is 5.32 Å². The predicted molar refractivity (Wildman–Crippen MR) is 79.5 cm³/mol. The van der Waals surface area contributed by atoms with Crippen LogP contribution in [0.1, 0.15) is 49.3 Å². The maximum atomic E-state index is 4.53. The van der Waals surface area contributed by atoms with Crippen molar-refractivity contribution in [1.29, 1.82) is 0 Å². The maximum absolute atomic E-state index is 4.53. The van der Waals surface area contributed by atoms with Gasteiger partial charge < -0.3 is 9.88 Å². The zero-order valence-electron chi connectivity index (χ0n) is 12.1. The Balaban J connectivity index is 2.14. The van der Waals surface area contributed by atoms with Crippen LogP contribution in [0.25, 0.3) is 0 Å². The summed E-state index contributed by atoms with van der Waals surface area (Å²) in [6.07, 6.45) is 6.87. The Bertz CT molecular complexity index is 515. The molecule has 0 aliphatic rings. The van der Waals surface area contributed by atoms with E-state index in [4.69, 9.17) is 0 Å². The number of thiazole rings is 1. The second kappa shape index (κ2) is 6.30. The zero-order chi connectivity index (χ0) is 13.8. The highest BCUT2D eigenvalue weighted by molar-refractivity contribution is 7.11. The van der Waals surface area contributed by atoms with Gasteiger partial charge >= 0.3 is 0 Å². The lowest BCUT2D eigenvalue weighted by molar-refractivity contribution is 0.538. The fraction of sp³-hybridized carbons (Fsp3) is 0.571. The summed E-state index contributed by atoms with van der Waals surface area (Å²) in [7, 11) is 0. The monoisotopic (exact) mass is 278 g/mol. The van der Waals surface area contributed by atoms with Crippen LogP contribution in [0.2, 0.25) is 0 Å². The van der Waals surface area contributed by atoms with Gasteiger partial charge in [-0.25, -0.2) is 9.97 Å². The summed E-state index contributed by atoms with van der Waals surface area (Å²) in [5, 5.41) is 4.59. The third-order valence-electron chi connectivity index (χ3n) is 3.13. The van der Waals surface area contributed by atoms with Gasteiger partial charge in [-0.05, 0) is 13.3 Å². The normalized spacial score (nSPS) is 13.1. The van der Waals surface area contributed by atoms with Crippen molar-refractivity contribution in [2.45, 2.75) is 52.7 Å². The second-order valence-corrected chi connectivity index (χ2v) is 6.17. The summed E-state index contributed by atoms with van der Waals surface area (Å²) in [4.78, 5) is 10.1. The van der Waals surface area contributed by atoms with Crippen LogP contribution in [-0.2, 0) is 13.0 Å². The van der Waals surface area contributed by atoms with Gasteiger partial charge in [0, 0.05) is 29.9 Å². The molecule has 4 nitrogen and oxygen atoms in total. The van der Waals surface area contributed by atoms with Gasteiger partial charge in [-0.1, -0.05) is 20.8 Å². The van der Waals surface area contributed by atoms with E-state index in [1.165, 1.54) is 10.6 Å². The van der Waals surface area contributed by atoms with E-state index in [1.807, 2.05) is 18.7 Å². The summed E-state index contributed by atoms with van der Waals surface area (Å²) in [6.45, 7) is 9.49. The minimum atomic E-state index is 0.247. The fourth-order valence-electron chi connectivity index (χ4n) is 1.92. The van der Waals surface area contributed by atoms with Crippen LogP contribution in [0, 0.1) is 0 Å². The van der Waals surface area contributed by atoms with Gasteiger partial charge in [0.2, 0.25) is 0 Å².